The van der Waals surface area contributed by atoms with Crippen LogP contribution in [0.3, 0.4) is 0 Å². The van der Waals surface area contributed by atoms with E-state index in [0.717, 1.165) is 6.07 Å². The number of benzene rings is 1. The molecule has 2 heterocycles. The van der Waals surface area contributed by atoms with Crippen LogP contribution in [0.2, 0.25) is 23.2 Å². The molecule has 1 atom stereocenters. The van der Waals surface area contributed by atoms with Crippen LogP contribution in [-0.2, 0) is 4.43 Å². The van der Waals surface area contributed by atoms with Gasteiger partial charge in [-0.25, -0.2) is 8.78 Å². The number of rotatable bonds is 5. The second-order valence-electron chi connectivity index (χ2n) is 8.65. The lowest BCUT2D eigenvalue weighted by Gasteiger charge is -2.36. The van der Waals surface area contributed by atoms with Crippen LogP contribution in [0.1, 0.15) is 39.1 Å². The molecule has 0 aliphatic carbocycles. The van der Waals surface area contributed by atoms with Gasteiger partial charge in [0.2, 0.25) is 0 Å². The number of aromatic nitrogens is 3. The van der Waals surface area contributed by atoms with Crippen LogP contribution in [0.4, 0.5) is 8.78 Å². The molecule has 3 rings (SSSR count). The molecule has 0 spiro atoms. The molecule has 0 radical (unpaired) electrons. The summed E-state index contributed by atoms with van der Waals surface area (Å²) in [5.41, 5.74) is -0.0277. The molecule has 1 aliphatic rings. The van der Waals surface area contributed by atoms with Crippen molar-refractivity contribution in [3.63, 3.8) is 0 Å². The summed E-state index contributed by atoms with van der Waals surface area (Å²) in [6.07, 6.45) is 2.26. The van der Waals surface area contributed by atoms with Crippen molar-refractivity contribution < 1.29 is 13.2 Å². The van der Waals surface area contributed by atoms with Crippen molar-refractivity contribution in [2.75, 3.05) is 13.2 Å². The predicted octanol–water partition coefficient (Wildman–Crippen LogP) is 6.02. The summed E-state index contributed by atoms with van der Waals surface area (Å²) in [6, 6.07) is 0.965. The van der Waals surface area contributed by atoms with E-state index in [-0.39, 0.29) is 32.0 Å². The van der Waals surface area contributed by atoms with E-state index in [1.807, 2.05) is 0 Å². The topological polar surface area (TPSA) is 52.3 Å². The fraction of sp³-hybridized carbons (Fsp3) is 0.526. The van der Waals surface area contributed by atoms with E-state index < -0.39 is 20.0 Å². The quantitative estimate of drug-likeness (QED) is 0.283. The standard InChI is InChI=1S/C19H24BrClF2N4OSi/c1-19(2,3)29(4,5)28-7-6-11-9-24-10-14-25-26-18(27(11)14)12-8-13(22)15(20)16(21)17(12)23/h8,10-11H,6-7,9H2,1-5H3/t11-/m0/s1. The van der Waals surface area contributed by atoms with E-state index in [0.29, 0.717) is 25.4 Å². The van der Waals surface area contributed by atoms with Crippen LogP contribution in [0, 0.1) is 11.6 Å². The minimum absolute atomic E-state index is 0.0277. The van der Waals surface area contributed by atoms with E-state index in [9.17, 15) is 8.78 Å². The maximum absolute atomic E-state index is 14.8. The van der Waals surface area contributed by atoms with Gasteiger partial charge in [-0.2, -0.15) is 0 Å². The van der Waals surface area contributed by atoms with Gasteiger partial charge in [-0.1, -0.05) is 32.4 Å². The third-order valence-corrected chi connectivity index (χ3v) is 11.6. The molecule has 0 amide bonds. The molecule has 1 aliphatic heterocycles. The van der Waals surface area contributed by atoms with Crippen molar-refractivity contribution in [1.82, 2.24) is 14.8 Å². The minimum atomic E-state index is -1.88. The molecule has 10 heteroatoms. The fourth-order valence-corrected chi connectivity index (χ4v) is 4.44. The Kier molecular flexibility index (Phi) is 6.34. The summed E-state index contributed by atoms with van der Waals surface area (Å²) < 4.78 is 36.9. The average Bonchev–Trinajstić information content (AvgIpc) is 3.07. The highest BCUT2D eigenvalue weighted by Crippen LogP contribution is 2.38. The highest BCUT2D eigenvalue weighted by molar-refractivity contribution is 9.10. The second-order valence-corrected chi connectivity index (χ2v) is 14.6. The lowest BCUT2D eigenvalue weighted by Crippen LogP contribution is -2.41. The van der Waals surface area contributed by atoms with Crippen molar-refractivity contribution >= 4 is 42.1 Å². The maximum Gasteiger partial charge on any atom is 0.191 e. The van der Waals surface area contributed by atoms with Crippen LogP contribution in [-0.4, -0.2) is 42.4 Å². The number of halogens is 4. The first-order valence-electron chi connectivity index (χ1n) is 9.36. The van der Waals surface area contributed by atoms with E-state index in [1.165, 1.54) is 0 Å². The number of fused-ring (bicyclic) bond motifs is 1. The van der Waals surface area contributed by atoms with Crippen molar-refractivity contribution in [3.8, 4) is 11.4 Å². The van der Waals surface area contributed by atoms with E-state index in [1.54, 1.807) is 10.8 Å². The highest BCUT2D eigenvalue weighted by Gasteiger charge is 2.37. The van der Waals surface area contributed by atoms with Gasteiger partial charge in [-0.3, -0.25) is 4.99 Å². The van der Waals surface area contributed by atoms with Crippen LogP contribution in [0.5, 0.6) is 0 Å². The molecule has 0 fully saturated rings. The maximum atomic E-state index is 14.8. The summed E-state index contributed by atoms with van der Waals surface area (Å²) >= 11 is 8.90. The Morgan fingerprint density at radius 2 is 2.00 bits per heavy atom. The van der Waals surface area contributed by atoms with Gasteiger partial charge in [-0.05, 0) is 46.5 Å². The van der Waals surface area contributed by atoms with Crippen LogP contribution >= 0.6 is 27.5 Å². The summed E-state index contributed by atoms with van der Waals surface area (Å²) in [5.74, 6) is -0.670. The smallest absolute Gasteiger partial charge is 0.191 e. The zero-order valence-corrected chi connectivity index (χ0v) is 20.4. The van der Waals surface area contributed by atoms with Gasteiger partial charge < -0.3 is 8.99 Å². The van der Waals surface area contributed by atoms with Crippen molar-refractivity contribution in [3.05, 3.63) is 33.0 Å². The third-order valence-electron chi connectivity index (χ3n) is 5.67. The summed E-state index contributed by atoms with van der Waals surface area (Å²) in [5, 5.41) is 7.98. The molecule has 1 aromatic carbocycles. The van der Waals surface area contributed by atoms with Gasteiger partial charge in [0.1, 0.15) is 5.82 Å². The van der Waals surface area contributed by atoms with Gasteiger partial charge in [-0.15, -0.1) is 10.2 Å². The van der Waals surface area contributed by atoms with E-state index in [4.69, 9.17) is 16.0 Å². The monoisotopic (exact) mass is 504 g/mol. The molecule has 0 saturated heterocycles. The molecule has 29 heavy (non-hydrogen) atoms. The van der Waals surface area contributed by atoms with Gasteiger partial charge in [0.15, 0.2) is 25.8 Å². The Morgan fingerprint density at radius 3 is 2.66 bits per heavy atom. The van der Waals surface area contributed by atoms with Crippen LogP contribution in [0.25, 0.3) is 11.4 Å². The zero-order chi connectivity index (χ0) is 21.6. The van der Waals surface area contributed by atoms with Crippen LogP contribution in [0.15, 0.2) is 15.5 Å². The van der Waals surface area contributed by atoms with Gasteiger partial charge in [0.05, 0.1) is 33.9 Å². The second kappa shape index (κ2) is 8.17. The first-order chi connectivity index (χ1) is 13.4. The number of hydrogen-bond donors (Lipinski definition) is 0. The Hall–Kier alpha value is -1.16. The lowest BCUT2D eigenvalue weighted by molar-refractivity contribution is 0.256. The van der Waals surface area contributed by atoms with Gasteiger partial charge in [0, 0.05) is 6.61 Å². The molecule has 5 nitrogen and oxygen atoms in total. The lowest BCUT2D eigenvalue weighted by atomic mass is 10.1. The molecular formula is C19H24BrClF2N4OSi. The Labute approximate surface area is 183 Å². The highest BCUT2D eigenvalue weighted by atomic mass is 79.9. The van der Waals surface area contributed by atoms with Crippen molar-refractivity contribution in [1.29, 1.82) is 0 Å². The van der Waals surface area contributed by atoms with Gasteiger partial charge >= 0.3 is 0 Å². The number of nitrogens with zero attached hydrogens (tertiary/aromatic N) is 4. The SMILES string of the molecule is CC(C)(C)[Si](C)(C)OCC[C@H]1CN=Cc2nnc(-c3cc(F)c(Br)c(Cl)c3F)n21. The zero-order valence-electron chi connectivity index (χ0n) is 17.1. The molecule has 1 aromatic heterocycles. The first-order valence-corrected chi connectivity index (χ1v) is 13.4. The van der Waals surface area contributed by atoms with Crippen LogP contribution < -0.4 is 0 Å². The third kappa shape index (κ3) is 4.33. The normalized spacial score (nSPS) is 16.9. The van der Waals surface area contributed by atoms with Crippen molar-refractivity contribution in [2.45, 2.75) is 51.4 Å². The Morgan fingerprint density at radius 1 is 1.31 bits per heavy atom. The first kappa shape index (κ1) is 22.5. The Bertz CT molecular complexity index is 959. The largest absolute Gasteiger partial charge is 0.417 e. The summed E-state index contributed by atoms with van der Waals surface area (Å²) in [7, 11) is -1.88. The predicted molar refractivity (Wildman–Crippen MR) is 117 cm³/mol. The number of hydrogen-bond acceptors (Lipinski definition) is 4. The fourth-order valence-electron chi connectivity index (χ4n) is 2.90. The molecule has 2 aromatic rings. The summed E-state index contributed by atoms with van der Waals surface area (Å²) in [4.78, 5) is 4.35. The molecule has 0 bridgehead atoms. The molecule has 158 valence electrons. The van der Waals surface area contributed by atoms with E-state index in [2.05, 4.69) is 65.0 Å². The molecular weight excluding hydrogens is 482 g/mol. The van der Waals surface area contributed by atoms with Crippen molar-refractivity contribution in [2.24, 2.45) is 4.99 Å². The summed E-state index contributed by atoms with van der Waals surface area (Å²) in [6.45, 7) is 12.0. The molecule has 0 saturated carbocycles. The average molecular weight is 506 g/mol. The number of aliphatic imine (C=N–C) groups is 1. The minimum Gasteiger partial charge on any atom is -0.417 e. The van der Waals surface area contributed by atoms with Gasteiger partial charge in [0.25, 0.3) is 0 Å². The van der Waals surface area contributed by atoms with E-state index >= 15 is 0 Å². The molecule has 0 N–H and O–H groups in total. The molecule has 0 unspecified atom stereocenters. The Balaban J connectivity index is 1.90.